The van der Waals surface area contributed by atoms with Gasteiger partial charge in [-0.1, -0.05) is 32.1 Å². The number of rotatable bonds is 4. The number of hydrogen-bond acceptors (Lipinski definition) is 2. The van der Waals surface area contributed by atoms with Crippen molar-refractivity contribution in [2.24, 2.45) is 11.7 Å². The molecule has 0 aliphatic heterocycles. The predicted octanol–water partition coefficient (Wildman–Crippen LogP) is 3.15. The quantitative estimate of drug-likeness (QED) is 0.835. The molecule has 1 amide bonds. The fourth-order valence-corrected chi connectivity index (χ4v) is 3.37. The maximum Gasteiger partial charge on any atom is 0.220 e. The Balaban J connectivity index is 0.00000180. The first-order valence-corrected chi connectivity index (χ1v) is 7.79. The van der Waals surface area contributed by atoms with Crippen molar-refractivity contribution in [1.82, 2.24) is 5.32 Å². The van der Waals surface area contributed by atoms with E-state index in [1.165, 1.54) is 32.1 Å². The zero-order valence-electron chi connectivity index (χ0n) is 11.9. The molecule has 0 bridgehead atoms. The highest BCUT2D eigenvalue weighted by Crippen LogP contribution is 2.27. The molecular formula is C15H29ClN2O. The molecule has 2 aliphatic carbocycles. The monoisotopic (exact) mass is 288 g/mol. The molecule has 0 aromatic carbocycles. The molecule has 3 N–H and O–H groups in total. The van der Waals surface area contributed by atoms with E-state index in [-0.39, 0.29) is 18.3 Å². The van der Waals surface area contributed by atoms with Crippen molar-refractivity contribution in [3.05, 3.63) is 0 Å². The number of carbonyl (C=O) groups is 1. The van der Waals surface area contributed by atoms with Crippen molar-refractivity contribution in [2.45, 2.75) is 82.7 Å². The third-order valence-corrected chi connectivity index (χ3v) is 4.64. The summed E-state index contributed by atoms with van der Waals surface area (Å²) in [4.78, 5) is 11.9. The summed E-state index contributed by atoms with van der Waals surface area (Å²) in [5.41, 5.74) is 5.87. The first-order chi connectivity index (χ1) is 8.74. The molecule has 0 unspecified atom stereocenters. The third-order valence-electron chi connectivity index (χ3n) is 4.64. The summed E-state index contributed by atoms with van der Waals surface area (Å²) in [5.74, 6) is 1.07. The van der Waals surface area contributed by atoms with Crippen LogP contribution in [0.3, 0.4) is 0 Å². The molecule has 3 nitrogen and oxygen atoms in total. The zero-order chi connectivity index (χ0) is 12.8. The minimum absolute atomic E-state index is 0. The summed E-state index contributed by atoms with van der Waals surface area (Å²) >= 11 is 0. The van der Waals surface area contributed by atoms with Crippen LogP contribution >= 0.6 is 12.4 Å². The van der Waals surface area contributed by atoms with Crippen LogP contribution in [0.4, 0.5) is 0 Å². The molecule has 2 aliphatic rings. The molecule has 0 heterocycles. The lowest BCUT2D eigenvalue weighted by atomic mass is 9.86. The number of nitrogens with two attached hydrogens (primary N) is 1. The first kappa shape index (κ1) is 16.8. The lowest BCUT2D eigenvalue weighted by molar-refractivity contribution is -0.122. The third kappa shape index (κ3) is 6.13. The summed E-state index contributed by atoms with van der Waals surface area (Å²) < 4.78 is 0. The summed E-state index contributed by atoms with van der Waals surface area (Å²) in [5, 5.41) is 3.18. The minimum atomic E-state index is 0. The van der Waals surface area contributed by atoms with Gasteiger partial charge in [-0.2, -0.15) is 0 Å². The van der Waals surface area contributed by atoms with Gasteiger partial charge in [-0.25, -0.2) is 0 Å². The van der Waals surface area contributed by atoms with Crippen LogP contribution in [0, 0.1) is 5.92 Å². The predicted molar refractivity (Wildman–Crippen MR) is 81.4 cm³/mol. The van der Waals surface area contributed by atoms with Gasteiger partial charge in [0.15, 0.2) is 0 Å². The fourth-order valence-electron chi connectivity index (χ4n) is 3.37. The van der Waals surface area contributed by atoms with Crippen LogP contribution < -0.4 is 11.1 Å². The highest BCUT2D eigenvalue weighted by atomic mass is 35.5. The van der Waals surface area contributed by atoms with E-state index < -0.39 is 0 Å². The van der Waals surface area contributed by atoms with Gasteiger partial charge in [0.25, 0.3) is 0 Å². The highest BCUT2D eigenvalue weighted by Gasteiger charge is 2.20. The molecule has 2 rings (SSSR count). The van der Waals surface area contributed by atoms with Gasteiger partial charge in [-0.15, -0.1) is 12.4 Å². The van der Waals surface area contributed by atoms with Crippen LogP contribution in [0.5, 0.6) is 0 Å². The first-order valence-electron chi connectivity index (χ1n) is 7.79. The molecule has 2 fully saturated rings. The van der Waals surface area contributed by atoms with E-state index in [0.717, 1.165) is 44.4 Å². The van der Waals surface area contributed by atoms with Crippen molar-refractivity contribution in [2.75, 3.05) is 0 Å². The van der Waals surface area contributed by atoms with Crippen LogP contribution in [0.2, 0.25) is 0 Å². The standard InChI is InChI=1S/C15H28N2O.ClH/c16-13-7-9-14(10-8-13)17-15(18)11-6-12-4-2-1-3-5-12;/h12-14H,1-11,16H2,(H,17,18);1H. The van der Waals surface area contributed by atoms with Crippen molar-refractivity contribution in [1.29, 1.82) is 0 Å². The number of halogens is 1. The second-order valence-electron chi connectivity index (χ2n) is 6.22. The SMILES string of the molecule is Cl.NC1CCC(NC(=O)CCC2CCCCC2)CC1. The van der Waals surface area contributed by atoms with Gasteiger partial charge in [0, 0.05) is 18.5 Å². The van der Waals surface area contributed by atoms with E-state index in [2.05, 4.69) is 5.32 Å². The van der Waals surface area contributed by atoms with Crippen molar-refractivity contribution in [3.8, 4) is 0 Å². The van der Waals surface area contributed by atoms with Crippen molar-refractivity contribution in [3.63, 3.8) is 0 Å². The van der Waals surface area contributed by atoms with Crippen LogP contribution in [-0.2, 0) is 4.79 Å². The van der Waals surface area contributed by atoms with Gasteiger partial charge in [0.05, 0.1) is 0 Å². The van der Waals surface area contributed by atoms with Crippen molar-refractivity contribution < 1.29 is 4.79 Å². The molecule has 19 heavy (non-hydrogen) atoms. The Morgan fingerprint density at radius 2 is 1.63 bits per heavy atom. The zero-order valence-corrected chi connectivity index (χ0v) is 12.7. The van der Waals surface area contributed by atoms with Gasteiger partial charge in [-0.05, 0) is 38.0 Å². The highest BCUT2D eigenvalue weighted by molar-refractivity contribution is 5.85. The van der Waals surface area contributed by atoms with Crippen LogP contribution in [0.15, 0.2) is 0 Å². The maximum absolute atomic E-state index is 11.9. The van der Waals surface area contributed by atoms with E-state index in [0.29, 0.717) is 12.1 Å². The fraction of sp³-hybridized carbons (Fsp3) is 0.933. The summed E-state index contributed by atoms with van der Waals surface area (Å²) in [6.07, 6.45) is 12.9. The van der Waals surface area contributed by atoms with Crippen LogP contribution in [0.1, 0.15) is 70.6 Å². The topological polar surface area (TPSA) is 55.1 Å². The number of carbonyl (C=O) groups excluding carboxylic acids is 1. The largest absolute Gasteiger partial charge is 0.353 e. The normalized spacial score (nSPS) is 28.5. The van der Waals surface area contributed by atoms with Crippen LogP contribution in [-0.4, -0.2) is 18.0 Å². The average molecular weight is 289 g/mol. The van der Waals surface area contributed by atoms with Gasteiger partial charge in [0.2, 0.25) is 5.91 Å². The molecule has 0 aromatic heterocycles. The van der Waals surface area contributed by atoms with E-state index in [4.69, 9.17) is 5.73 Å². The van der Waals surface area contributed by atoms with Gasteiger partial charge >= 0.3 is 0 Å². The van der Waals surface area contributed by atoms with Gasteiger partial charge in [0.1, 0.15) is 0 Å². The van der Waals surface area contributed by atoms with E-state index in [1.807, 2.05) is 0 Å². The number of hydrogen-bond donors (Lipinski definition) is 2. The molecule has 2 saturated carbocycles. The number of amides is 1. The smallest absolute Gasteiger partial charge is 0.220 e. The van der Waals surface area contributed by atoms with Gasteiger partial charge in [-0.3, -0.25) is 4.79 Å². The Bertz CT molecular complexity index is 259. The molecule has 0 atom stereocenters. The van der Waals surface area contributed by atoms with E-state index in [1.54, 1.807) is 0 Å². The summed E-state index contributed by atoms with van der Waals surface area (Å²) in [7, 11) is 0. The van der Waals surface area contributed by atoms with Crippen LogP contribution in [0.25, 0.3) is 0 Å². The van der Waals surface area contributed by atoms with E-state index >= 15 is 0 Å². The molecule has 0 aromatic rings. The Kier molecular flexibility index (Phi) is 7.77. The minimum Gasteiger partial charge on any atom is -0.353 e. The lowest BCUT2D eigenvalue weighted by Gasteiger charge is -2.27. The van der Waals surface area contributed by atoms with E-state index in [9.17, 15) is 4.79 Å². The molecule has 112 valence electrons. The second-order valence-corrected chi connectivity index (χ2v) is 6.22. The Morgan fingerprint density at radius 3 is 2.26 bits per heavy atom. The summed E-state index contributed by atoms with van der Waals surface area (Å²) in [6, 6.07) is 0.754. The molecule has 4 heteroatoms. The summed E-state index contributed by atoms with van der Waals surface area (Å²) in [6.45, 7) is 0. The lowest BCUT2D eigenvalue weighted by Crippen LogP contribution is -2.40. The molecule has 0 radical (unpaired) electrons. The molecular weight excluding hydrogens is 260 g/mol. The second kappa shape index (κ2) is 8.80. The average Bonchev–Trinajstić information content (AvgIpc) is 2.40. The van der Waals surface area contributed by atoms with Crippen molar-refractivity contribution >= 4 is 18.3 Å². The Hall–Kier alpha value is -0.280. The Morgan fingerprint density at radius 1 is 1.00 bits per heavy atom. The molecule has 0 saturated heterocycles. The number of nitrogens with one attached hydrogen (secondary N) is 1. The maximum atomic E-state index is 11.9. The van der Waals surface area contributed by atoms with Gasteiger partial charge < -0.3 is 11.1 Å². The Labute approximate surface area is 123 Å². The molecule has 0 spiro atoms.